The molecule has 0 aliphatic carbocycles. The summed E-state index contributed by atoms with van der Waals surface area (Å²) in [5.74, 6) is 0. The zero-order chi connectivity index (χ0) is 12.7. The van der Waals surface area contributed by atoms with Crippen molar-refractivity contribution < 1.29 is 4.74 Å². The third-order valence-electron chi connectivity index (χ3n) is 2.81. The van der Waals surface area contributed by atoms with Crippen LogP contribution in [0.4, 0.5) is 0 Å². The third-order valence-corrected chi connectivity index (χ3v) is 3.53. The van der Waals surface area contributed by atoms with Crippen LogP contribution in [0.25, 0.3) is 0 Å². The Kier molecular flexibility index (Phi) is 6.73. The van der Waals surface area contributed by atoms with Gasteiger partial charge in [0.15, 0.2) is 0 Å². The van der Waals surface area contributed by atoms with E-state index in [0.29, 0.717) is 6.54 Å². The molecule has 0 heterocycles. The first-order valence-electron chi connectivity index (χ1n) is 5.93. The SMILES string of the molecule is CCOCCN(C)C(CN)c1ccccc1Br. The molecule has 2 N–H and O–H groups in total. The van der Waals surface area contributed by atoms with Gasteiger partial charge in [0.25, 0.3) is 0 Å². The molecule has 0 aliphatic rings. The summed E-state index contributed by atoms with van der Waals surface area (Å²) in [4.78, 5) is 2.23. The van der Waals surface area contributed by atoms with E-state index >= 15 is 0 Å². The minimum atomic E-state index is 0.228. The number of benzene rings is 1. The second-order valence-corrected chi connectivity index (χ2v) is 4.80. The molecular weight excluding hydrogens is 280 g/mol. The highest BCUT2D eigenvalue weighted by molar-refractivity contribution is 9.10. The van der Waals surface area contributed by atoms with E-state index in [2.05, 4.69) is 33.9 Å². The maximum atomic E-state index is 5.88. The molecule has 0 saturated heterocycles. The molecular formula is C13H21BrN2O. The van der Waals surface area contributed by atoms with Crippen LogP contribution >= 0.6 is 15.9 Å². The molecule has 1 unspecified atom stereocenters. The van der Waals surface area contributed by atoms with Crippen LogP contribution in [0.3, 0.4) is 0 Å². The van der Waals surface area contributed by atoms with Gasteiger partial charge in [0, 0.05) is 30.2 Å². The number of hydrogen-bond donors (Lipinski definition) is 1. The zero-order valence-corrected chi connectivity index (χ0v) is 12.1. The fourth-order valence-corrected chi connectivity index (χ4v) is 2.35. The fraction of sp³-hybridized carbons (Fsp3) is 0.538. The van der Waals surface area contributed by atoms with E-state index in [-0.39, 0.29) is 6.04 Å². The average molecular weight is 301 g/mol. The molecule has 0 bridgehead atoms. The van der Waals surface area contributed by atoms with Crippen molar-refractivity contribution in [3.63, 3.8) is 0 Å². The van der Waals surface area contributed by atoms with Crippen molar-refractivity contribution >= 4 is 15.9 Å². The molecule has 1 aromatic carbocycles. The van der Waals surface area contributed by atoms with Crippen LogP contribution in [0.15, 0.2) is 28.7 Å². The lowest BCUT2D eigenvalue weighted by Gasteiger charge is -2.28. The van der Waals surface area contributed by atoms with E-state index in [9.17, 15) is 0 Å². The topological polar surface area (TPSA) is 38.5 Å². The van der Waals surface area contributed by atoms with Gasteiger partial charge in [-0.3, -0.25) is 4.90 Å². The van der Waals surface area contributed by atoms with E-state index in [0.717, 1.165) is 24.2 Å². The quantitative estimate of drug-likeness (QED) is 0.786. The number of hydrogen-bond acceptors (Lipinski definition) is 3. The molecule has 0 amide bonds. The predicted octanol–water partition coefficient (Wildman–Crippen LogP) is 2.42. The van der Waals surface area contributed by atoms with E-state index in [4.69, 9.17) is 10.5 Å². The molecule has 1 rings (SSSR count). The largest absolute Gasteiger partial charge is 0.380 e. The second-order valence-electron chi connectivity index (χ2n) is 3.95. The summed E-state index contributed by atoms with van der Waals surface area (Å²) in [6.45, 7) is 5.00. The van der Waals surface area contributed by atoms with E-state index in [1.807, 2.05) is 25.1 Å². The fourth-order valence-electron chi connectivity index (χ4n) is 1.80. The van der Waals surface area contributed by atoms with Gasteiger partial charge in [-0.05, 0) is 25.6 Å². The third kappa shape index (κ3) is 4.39. The summed E-state index contributed by atoms with van der Waals surface area (Å²) >= 11 is 3.57. The lowest BCUT2D eigenvalue weighted by atomic mass is 10.1. The Morgan fingerprint density at radius 1 is 1.41 bits per heavy atom. The summed E-state index contributed by atoms with van der Waals surface area (Å²) in [6.07, 6.45) is 0. The molecule has 0 saturated carbocycles. The van der Waals surface area contributed by atoms with Crippen molar-refractivity contribution in [2.24, 2.45) is 5.73 Å². The summed E-state index contributed by atoms with van der Waals surface area (Å²) < 4.78 is 6.48. The highest BCUT2D eigenvalue weighted by atomic mass is 79.9. The molecule has 0 spiro atoms. The highest BCUT2D eigenvalue weighted by Gasteiger charge is 2.17. The maximum absolute atomic E-state index is 5.88. The molecule has 3 nitrogen and oxygen atoms in total. The summed E-state index contributed by atoms with van der Waals surface area (Å²) in [5.41, 5.74) is 7.11. The van der Waals surface area contributed by atoms with Crippen LogP contribution < -0.4 is 5.73 Å². The lowest BCUT2D eigenvalue weighted by molar-refractivity contribution is 0.108. The minimum absolute atomic E-state index is 0.228. The Labute approximate surface area is 112 Å². The number of rotatable bonds is 7. The van der Waals surface area contributed by atoms with Crippen LogP contribution in [-0.4, -0.2) is 38.3 Å². The molecule has 1 aromatic rings. The van der Waals surface area contributed by atoms with Crippen LogP contribution in [0.5, 0.6) is 0 Å². The van der Waals surface area contributed by atoms with Gasteiger partial charge in [-0.2, -0.15) is 0 Å². The molecule has 0 aliphatic heterocycles. The van der Waals surface area contributed by atoms with Gasteiger partial charge in [0.2, 0.25) is 0 Å². The first-order chi connectivity index (χ1) is 8.20. The van der Waals surface area contributed by atoms with Crippen molar-refractivity contribution in [3.8, 4) is 0 Å². The first-order valence-corrected chi connectivity index (χ1v) is 6.72. The highest BCUT2D eigenvalue weighted by Crippen LogP contribution is 2.25. The first kappa shape index (κ1) is 14.6. The van der Waals surface area contributed by atoms with E-state index in [1.54, 1.807) is 0 Å². The Hall–Kier alpha value is -0.420. The summed E-state index contributed by atoms with van der Waals surface area (Å²) in [5, 5.41) is 0. The van der Waals surface area contributed by atoms with Gasteiger partial charge in [-0.1, -0.05) is 34.1 Å². The monoisotopic (exact) mass is 300 g/mol. The smallest absolute Gasteiger partial charge is 0.0593 e. The van der Waals surface area contributed by atoms with E-state index in [1.165, 1.54) is 5.56 Å². The predicted molar refractivity (Wildman–Crippen MR) is 75.1 cm³/mol. The van der Waals surface area contributed by atoms with Gasteiger partial charge in [-0.15, -0.1) is 0 Å². The number of nitrogens with two attached hydrogens (primary N) is 1. The Morgan fingerprint density at radius 3 is 2.71 bits per heavy atom. The molecule has 4 heteroatoms. The van der Waals surface area contributed by atoms with Crippen molar-refractivity contribution in [1.29, 1.82) is 0 Å². The van der Waals surface area contributed by atoms with Crippen LogP contribution in [0, 0.1) is 0 Å². The normalized spacial score (nSPS) is 13.0. The van der Waals surface area contributed by atoms with Crippen molar-refractivity contribution in [3.05, 3.63) is 34.3 Å². The Bertz CT molecular complexity index is 333. The number of likely N-dealkylation sites (N-methyl/N-ethyl adjacent to an activating group) is 1. The number of halogens is 1. The second kappa shape index (κ2) is 7.82. The van der Waals surface area contributed by atoms with Crippen LogP contribution in [0.1, 0.15) is 18.5 Å². The summed E-state index contributed by atoms with van der Waals surface area (Å²) in [6, 6.07) is 8.44. The Balaban J connectivity index is 2.67. The van der Waals surface area contributed by atoms with Crippen LogP contribution in [0.2, 0.25) is 0 Å². The van der Waals surface area contributed by atoms with Gasteiger partial charge >= 0.3 is 0 Å². The van der Waals surface area contributed by atoms with Gasteiger partial charge in [0.1, 0.15) is 0 Å². The molecule has 0 fully saturated rings. The van der Waals surface area contributed by atoms with Gasteiger partial charge < -0.3 is 10.5 Å². The van der Waals surface area contributed by atoms with Crippen molar-refractivity contribution in [2.75, 3.05) is 33.4 Å². The van der Waals surface area contributed by atoms with Gasteiger partial charge in [-0.25, -0.2) is 0 Å². The molecule has 17 heavy (non-hydrogen) atoms. The average Bonchev–Trinajstić information content (AvgIpc) is 2.33. The minimum Gasteiger partial charge on any atom is -0.380 e. The maximum Gasteiger partial charge on any atom is 0.0593 e. The molecule has 96 valence electrons. The van der Waals surface area contributed by atoms with Crippen LogP contribution in [-0.2, 0) is 4.74 Å². The van der Waals surface area contributed by atoms with Gasteiger partial charge in [0.05, 0.1) is 6.61 Å². The zero-order valence-electron chi connectivity index (χ0n) is 10.5. The Morgan fingerprint density at radius 2 is 2.12 bits per heavy atom. The number of ether oxygens (including phenoxy) is 1. The molecule has 0 radical (unpaired) electrons. The van der Waals surface area contributed by atoms with E-state index < -0.39 is 0 Å². The van der Waals surface area contributed by atoms with Crippen molar-refractivity contribution in [2.45, 2.75) is 13.0 Å². The summed E-state index contributed by atoms with van der Waals surface area (Å²) in [7, 11) is 2.08. The lowest BCUT2D eigenvalue weighted by Crippen LogP contribution is -2.33. The standard InChI is InChI=1S/C13H21BrN2O/c1-3-17-9-8-16(2)13(10-15)11-6-4-5-7-12(11)14/h4-7,13H,3,8-10,15H2,1-2H3. The molecule has 1 atom stereocenters. The number of nitrogens with zero attached hydrogens (tertiary/aromatic N) is 1. The van der Waals surface area contributed by atoms with Crippen molar-refractivity contribution in [1.82, 2.24) is 4.90 Å². The molecule has 0 aromatic heterocycles.